The number of likely N-dealkylation sites (tertiary alicyclic amines) is 1. The van der Waals surface area contributed by atoms with Crippen molar-refractivity contribution in [1.82, 2.24) is 14.7 Å². The average Bonchev–Trinajstić information content (AvgIpc) is 2.90. The highest BCUT2D eigenvalue weighted by atomic mass is 16.3. The SMILES string of the molecule is C[C@H](CO)N1CCC2(CC1)C(=O)N(Cc1ccc3ccccc3c1)C(=O)N2C. The standard InChI is InChI=1S/C22H27N3O3/c1-16(15-26)24-11-9-22(10-12-24)20(27)25(21(28)23(22)2)14-17-7-8-18-5-3-4-6-19(18)13-17/h3-8,13,16,26H,9-12,14-15H2,1-2H3/t16-/m1/s1. The number of piperidine rings is 1. The largest absolute Gasteiger partial charge is 0.395 e. The van der Waals surface area contributed by atoms with Gasteiger partial charge in [0.2, 0.25) is 0 Å². The number of likely N-dealkylation sites (N-methyl/N-ethyl adjacent to an activating group) is 1. The van der Waals surface area contributed by atoms with Crippen molar-refractivity contribution in [2.45, 2.75) is 37.9 Å². The monoisotopic (exact) mass is 381 g/mol. The van der Waals surface area contributed by atoms with Gasteiger partial charge in [-0.3, -0.25) is 14.6 Å². The molecule has 148 valence electrons. The Hall–Kier alpha value is -2.44. The number of hydrogen-bond donors (Lipinski definition) is 1. The third kappa shape index (κ3) is 2.97. The second-order valence-corrected chi connectivity index (χ2v) is 8.01. The third-order valence-corrected chi connectivity index (χ3v) is 6.47. The normalized spacial score (nSPS) is 21.1. The first kappa shape index (κ1) is 18.9. The number of imide groups is 1. The number of urea groups is 1. The molecule has 2 aromatic rings. The van der Waals surface area contributed by atoms with Crippen molar-refractivity contribution in [3.05, 3.63) is 48.0 Å². The Morgan fingerprint density at radius 1 is 1.07 bits per heavy atom. The summed E-state index contributed by atoms with van der Waals surface area (Å²) in [5, 5.41) is 11.6. The predicted octanol–water partition coefficient (Wildman–Crippen LogP) is 2.45. The van der Waals surface area contributed by atoms with Crippen molar-refractivity contribution in [3.63, 3.8) is 0 Å². The van der Waals surface area contributed by atoms with Crippen molar-refractivity contribution in [1.29, 1.82) is 0 Å². The van der Waals surface area contributed by atoms with Gasteiger partial charge in [-0.2, -0.15) is 0 Å². The fraction of sp³-hybridized carbons (Fsp3) is 0.455. The van der Waals surface area contributed by atoms with Crippen LogP contribution >= 0.6 is 0 Å². The number of rotatable bonds is 4. The lowest BCUT2D eigenvalue weighted by Gasteiger charge is -2.42. The van der Waals surface area contributed by atoms with E-state index in [1.54, 1.807) is 11.9 Å². The Morgan fingerprint density at radius 3 is 2.43 bits per heavy atom. The van der Waals surface area contributed by atoms with E-state index in [1.165, 1.54) is 4.90 Å². The minimum atomic E-state index is -0.750. The van der Waals surface area contributed by atoms with Crippen LogP contribution in [0.4, 0.5) is 4.79 Å². The molecule has 0 aliphatic carbocycles. The lowest BCUT2D eigenvalue weighted by molar-refractivity contribution is -0.136. The predicted molar refractivity (Wildman–Crippen MR) is 108 cm³/mol. The van der Waals surface area contributed by atoms with Gasteiger partial charge in [0.25, 0.3) is 5.91 Å². The van der Waals surface area contributed by atoms with Crippen LogP contribution in [0.2, 0.25) is 0 Å². The van der Waals surface area contributed by atoms with E-state index >= 15 is 0 Å². The zero-order chi connectivity index (χ0) is 19.9. The number of fused-ring (bicyclic) bond motifs is 1. The lowest BCUT2D eigenvalue weighted by atomic mass is 9.85. The highest BCUT2D eigenvalue weighted by molar-refractivity contribution is 6.07. The molecule has 2 aromatic carbocycles. The summed E-state index contributed by atoms with van der Waals surface area (Å²) in [5.41, 5.74) is 0.205. The van der Waals surface area contributed by atoms with Gasteiger partial charge in [-0.1, -0.05) is 36.4 Å². The number of amides is 3. The van der Waals surface area contributed by atoms with Gasteiger partial charge < -0.3 is 10.0 Å². The van der Waals surface area contributed by atoms with Crippen LogP contribution in [0.1, 0.15) is 25.3 Å². The van der Waals surface area contributed by atoms with E-state index in [4.69, 9.17) is 0 Å². The summed E-state index contributed by atoms with van der Waals surface area (Å²) in [6.07, 6.45) is 1.21. The number of benzene rings is 2. The summed E-state index contributed by atoms with van der Waals surface area (Å²) in [4.78, 5) is 31.4. The molecule has 3 amide bonds. The molecule has 2 saturated heterocycles. The minimum absolute atomic E-state index is 0.0727. The maximum atomic E-state index is 13.3. The lowest BCUT2D eigenvalue weighted by Crippen LogP contribution is -2.57. The maximum absolute atomic E-state index is 13.3. The molecule has 2 fully saturated rings. The zero-order valence-corrected chi connectivity index (χ0v) is 16.5. The Bertz CT molecular complexity index is 905. The maximum Gasteiger partial charge on any atom is 0.327 e. The van der Waals surface area contributed by atoms with E-state index in [-0.39, 0.29) is 24.6 Å². The van der Waals surface area contributed by atoms with Gasteiger partial charge in [0.05, 0.1) is 13.2 Å². The Labute approximate surface area is 165 Å². The van der Waals surface area contributed by atoms with Gasteiger partial charge in [-0.25, -0.2) is 4.79 Å². The molecule has 1 spiro atoms. The van der Waals surface area contributed by atoms with Gasteiger partial charge in [-0.15, -0.1) is 0 Å². The molecule has 6 heteroatoms. The highest BCUT2D eigenvalue weighted by Crippen LogP contribution is 2.37. The molecule has 4 rings (SSSR count). The van der Waals surface area contributed by atoms with E-state index in [0.717, 1.165) is 16.3 Å². The number of carbonyl (C=O) groups excluding carboxylic acids is 2. The first-order valence-electron chi connectivity index (χ1n) is 9.88. The number of aliphatic hydroxyl groups excluding tert-OH is 1. The number of nitrogens with zero attached hydrogens (tertiary/aromatic N) is 3. The summed E-state index contributed by atoms with van der Waals surface area (Å²) in [6, 6.07) is 14.0. The van der Waals surface area contributed by atoms with Crippen LogP contribution in [0.25, 0.3) is 10.8 Å². The second-order valence-electron chi connectivity index (χ2n) is 8.01. The van der Waals surface area contributed by atoms with Gasteiger partial charge in [-0.05, 0) is 42.2 Å². The van der Waals surface area contributed by atoms with Crippen molar-refractivity contribution in [2.24, 2.45) is 0 Å². The van der Waals surface area contributed by atoms with Crippen LogP contribution < -0.4 is 0 Å². The summed E-state index contributed by atoms with van der Waals surface area (Å²) in [6.45, 7) is 3.79. The topological polar surface area (TPSA) is 64.1 Å². The average molecular weight is 381 g/mol. The Kier molecular flexibility index (Phi) is 4.85. The van der Waals surface area contributed by atoms with Crippen molar-refractivity contribution >= 4 is 22.7 Å². The summed E-state index contributed by atoms with van der Waals surface area (Å²) >= 11 is 0. The van der Waals surface area contributed by atoms with Crippen LogP contribution in [0.3, 0.4) is 0 Å². The van der Waals surface area contributed by atoms with Crippen LogP contribution in [0.5, 0.6) is 0 Å². The van der Waals surface area contributed by atoms with Crippen LogP contribution in [-0.2, 0) is 11.3 Å². The first-order valence-corrected chi connectivity index (χ1v) is 9.88. The Morgan fingerprint density at radius 2 is 1.75 bits per heavy atom. The fourth-order valence-electron chi connectivity index (χ4n) is 4.50. The zero-order valence-electron chi connectivity index (χ0n) is 16.5. The molecule has 0 aromatic heterocycles. The molecule has 1 N–H and O–H groups in total. The van der Waals surface area contributed by atoms with E-state index in [2.05, 4.69) is 11.0 Å². The quantitative estimate of drug-likeness (QED) is 0.827. The third-order valence-electron chi connectivity index (χ3n) is 6.47. The van der Waals surface area contributed by atoms with E-state index < -0.39 is 5.54 Å². The van der Waals surface area contributed by atoms with E-state index in [0.29, 0.717) is 32.5 Å². The Balaban J connectivity index is 1.54. The van der Waals surface area contributed by atoms with Crippen molar-refractivity contribution in [2.75, 3.05) is 26.7 Å². The van der Waals surface area contributed by atoms with Crippen LogP contribution in [0.15, 0.2) is 42.5 Å². The van der Waals surface area contributed by atoms with Gasteiger partial charge >= 0.3 is 6.03 Å². The molecule has 6 nitrogen and oxygen atoms in total. The summed E-state index contributed by atoms with van der Waals surface area (Å²) in [5.74, 6) is -0.0931. The van der Waals surface area contributed by atoms with E-state index in [1.807, 2.05) is 43.3 Å². The molecule has 0 saturated carbocycles. The molecule has 0 unspecified atom stereocenters. The van der Waals surface area contributed by atoms with Crippen LogP contribution in [0, 0.1) is 0 Å². The minimum Gasteiger partial charge on any atom is -0.395 e. The van der Waals surface area contributed by atoms with Gasteiger partial charge in [0, 0.05) is 26.2 Å². The van der Waals surface area contributed by atoms with Gasteiger partial charge in [0.1, 0.15) is 5.54 Å². The molecule has 2 aliphatic heterocycles. The molecule has 0 bridgehead atoms. The smallest absolute Gasteiger partial charge is 0.327 e. The molecule has 2 aliphatic rings. The summed E-state index contributed by atoms with van der Waals surface area (Å²) in [7, 11) is 1.74. The van der Waals surface area contributed by atoms with Crippen LogP contribution in [-0.4, -0.2) is 70.1 Å². The number of hydrogen-bond acceptors (Lipinski definition) is 4. The van der Waals surface area contributed by atoms with Crippen molar-refractivity contribution in [3.8, 4) is 0 Å². The molecular weight excluding hydrogens is 354 g/mol. The van der Waals surface area contributed by atoms with Gasteiger partial charge in [0.15, 0.2) is 0 Å². The molecule has 28 heavy (non-hydrogen) atoms. The molecule has 0 radical (unpaired) electrons. The first-order chi connectivity index (χ1) is 13.5. The van der Waals surface area contributed by atoms with E-state index in [9.17, 15) is 14.7 Å². The number of carbonyl (C=O) groups is 2. The molecular formula is C22H27N3O3. The number of aliphatic hydroxyl groups is 1. The summed E-state index contributed by atoms with van der Waals surface area (Å²) < 4.78 is 0. The fourth-order valence-corrected chi connectivity index (χ4v) is 4.50. The highest BCUT2D eigenvalue weighted by Gasteiger charge is 2.56. The molecule has 2 heterocycles. The van der Waals surface area contributed by atoms with Crippen molar-refractivity contribution < 1.29 is 14.7 Å². The molecule has 1 atom stereocenters. The second kappa shape index (κ2) is 7.18.